The zero-order valence-electron chi connectivity index (χ0n) is 33.1. The van der Waals surface area contributed by atoms with Crippen molar-refractivity contribution >= 4 is 50.6 Å². The van der Waals surface area contributed by atoms with Crippen LogP contribution in [-0.4, -0.2) is 0 Å². The summed E-state index contributed by atoms with van der Waals surface area (Å²) in [6, 6.07) is 78.9. The van der Waals surface area contributed by atoms with Crippen molar-refractivity contribution in [1.82, 2.24) is 0 Å². The number of hydrogen-bond acceptors (Lipinski definition) is 2. The van der Waals surface area contributed by atoms with Gasteiger partial charge in [-0.2, -0.15) is 0 Å². The van der Waals surface area contributed by atoms with E-state index in [4.69, 9.17) is 4.42 Å². The Morgan fingerprint density at radius 3 is 1.58 bits per heavy atom. The summed E-state index contributed by atoms with van der Waals surface area (Å²) in [5.74, 6) is 0. The van der Waals surface area contributed by atoms with Gasteiger partial charge in [-0.05, 0) is 98.6 Å². The zero-order valence-corrected chi connectivity index (χ0v) is 33.1. The van der Waals surface area contributed by atoms with Gasteiger partial charge < -0.3 is 9.32 Å². The number of anilines is 3. The van der Waals surface area contributed by atoms with Crippen molar-refractivity contribution in [3.63, 3.8) is 0 Å². The Morgan fingerprint density at radius 2 is 0.850 bits per heavy atom. The molecule has 0 amide bonds. The molecule has 0 fully saturated rings. The van der Waals surface area contributed by atoms with Gasteiger partial charge in [0.25, 0.3) is 0 Å². The van der Waals surface area contributed by atoms with Crippen molar-refractivity contribution in [3.8, 4) is 44.5 Å². The highest BCUT2D eigenvalue weighted by Gasteiger charge is 2.25. The molecule has 11 rings (SSSR count). The molecule has 1 aliphatic rings. The summed E-state index contributed by atoms with van der Waals surface area (Å²) in [5.41, 5.74) is 17.1. The summed E-state index contributed by atoms with van der Waals surface area (Å²) >= 11 is 0. The molecular formula is C58H41NO. The monoisotopic (exact) mass is 767 g/mol. The Hall–Kier alpha value is -7.68. The van der Waals surface area contributed by atoms with Gasteiger partial charge >= 0.3 is 0 Å². The van der Waals surface area contributed by atoms with Crippen LogP contribution < -0.4 is 15.3 Å². The predicted molar refractivity (Wildman–Crippen MR) is 252 cm³/mol. The molecular weight excluding hydrogens is 727 g/mol. The third-order valence-electron chi connectivity index (χ3n) is 12.0. The van der Waals surface area contributed by atoms with Gasteiger partial charge in [0.1, 0.15) is 11.2 Å². The smallest absolute Gasteiger partial charge is 0.136 e. The predicted octanol–water partition coefficient (Wildman–Crippen LogP) is 14.5. The molecule has 9 aromatic carbocycles. The minimum Gasteiger partial charge on any atom is -0.456 e. The third kappa shape index (κ3) is 6.31. The van der Waals surface area contributed by atoms with Gasteiger partial charge in [0, 0.05) is 27.5 Å². The summed E-state index contributed by atoms with van der Waals surface area (Å²) in [6.07, 6.45) is 4.32. The van der Waals surface area contributed by atoms with Crippen LogP contribution in [0.5, 0.6) is 0 Å². The maximum absolute atomic E-state index is 6.46. The molecule has 0 bridgehead atoms. The van der Waals surface area contributed by atoms with Crippen LogP contribution in [-0.2, 0) is 0 Å². The first-order valence-corrected chi connectivity index (χ1v) is 20.8. The highest BCUT2D eigenvalue weighted by molar-refractivity contribution is 6.06. The van der Waals surface area contributed by atoms with E-state index in [-0.39, 0.29) is 0 Å². The van der Waals surface area contributed by atoms with Crippen LogP contribution in [0.25, 0.3) is 78.1 Å². The van der Waals surface area contributed by atoms with Gasteiger partial charge in [0.15, 0.2) is 0 Å². The Balaban J connectivity index is 1.16. The van der Waals surface area contributed by atoms with Gasteiger partial charge in [-0.15, -0.1) is 0 Å². The topological polar surface area (TPSA) is 16.4 Å². The van der Waals surface area contributed by atoms with Crippen molar-refractivity contribution in [2.45, 2.75) is 12.8 Å². The fourth-order valence-electron chi connectivity index (χ4n) is 9.21. The van der Waals surface area contributed by atoms with Crippen LogP contribution in [0.3, 0.4) is 0 Å². The average molecular weight is 768 g/mol. The second kappa shape index (κ2) is 15.2. The Kier molecular flexibility index (Phi) is 9.02. The summed E-state index contributed by atoms with van der Waals surface area (Å²) in [4.78, 5) is 2.50. The van der Waals surface area contributed by atoms with E-state index in [0.717, 1.165) is 74.1 Å². The number of fused-ring (bicyclic) bond motifs is 4. The lowest BCUT2D eigenvalue weighted by Gasteiger charge is -2.32. The maximum atomic E-state index is 6.46. The number of furan rings is 1. The van der Waals surface area contributed by atoms with Crippen LogP contribution in [0.1, 0.15) is 18.4 Å². The quantitative estimate of drug-likeness (QED) is 0.153. The van der Waals surface area contributed by atoms with E-state index in [9.17, 15) is 0 Å². The SMILES string of the molecule is C1=c2cccc(-c3ccccc3)c2=C(c2ccccc2N(c2ccccc2-c2ccc(-c3ccccc3)cc2)c2ccccc2-c2ccc3c(c2)oc2ccccc23)CC1. The zero-order chi connectivity index (χ0) is 39.8. The van der Waals surface area contributed by atoms with Crippen molar-refractivity contribution in [2.75, 3.05) is 4.90 Å². The molecule has 284 valence electrons. The molecule has 0 N–H and O–H groups in total. The van der Waals surface area contributed by atoms with Crippen LogP contribution in [0.15, 0.2) is 223 Å². The molecule has 60 heavy (non-hydrogen) atoms. The van der Waals surface area contributed by atoms with Gasteiger partial charge in [-0.3, -0.25) is 0 Å². The largest absolute Gasteiger partial charge is 0.456 e. The third-order valence-corrected chi connectivity index (χ3v) is 12.0. The highest BCUT2D eigenvalue weighted by atomic mass is 16.3. The Labute approximate surface area is 350 Å². The molecule has 0 aliphatic heterocycles. The molecule has 1 heterocycles. The van der Waals surface area contributed by atoms with Gasteiger partial charge in [0.05, 0.1) is 17.1 Å². The van der Waals surface area contributed by atoms with E-state index in [1.165, 1.54) is 43.8 Å². The fourth-order valence-corrected chi connectivity index (χ4v) is 9.21. The summed E-state index contributed by atoms with van der Waals surface area (Å²) < 4.78 is 6.46. The molecule has 0 atom stereocenters. The highest BCUT2D eigenvalue weighted by Crippen LogP contribution is 2.47. The summed E-state index contributed by atoms with van der Waals surface area (Å²) in [6.45, 7) is 0. The fraction of sp³-hybridized carbons (Fsp3) is 0.0345. The first kappa shape index (κ1) is 35.5. The van der Waals surface area contributed by atoms with E-state index in [0.29, 0.717) is 0 Å². The first-order valence-electron chi connectivity index (χ1n) is 20.8. The van der Waals surface area contributed by atoms with Gasteiger partial charge in [0.2, 0.25) is 0 Å². The first-order chi connectivity index (χ1) is 29.8. The van der Waals surface area contributed by atoms with Crippen molar-refractivity contribution in [3.05, 3.63) is 234 Å². The van der Waals surface area contributed by atoms with E-state index in [1.54, 1.807) is 0 Å². The summed E-state index contributed by atoms with van der Waals surface area (Å²) in [5, 5.41) is 4.86. The van der Waals surface area contributed by atoms with E-state index < -0.39 is 0 Å². The van der Waals surface area contributed by atoms with Crippen LogP contribution in [0.4, 0.5) is 17.1 Å². The standard InChI is InChI=1S/C58H41NO/c1-3-17-40(18-4-1)41-33-35-43(36-34-41)46-23-7-11-29-53(46)59(54-30-12-8-24-47(54)45-37-38-51-50-26-10-14-32-56(50)60-57(51)39-45)55-31-13-9-25-49(55)52-28-16-22-44-21-15-27-48(58(44)52)42-19-5-2-6-20-42/h1-15,17-27,29-39H,16,28H2. The van der Waals surface area contributed by atoms with Crippen LogP contribution in [0.2, 0.25) is 0 Å². The van der Waals surface area contributed by atoms with Crippen molar-refractivity contribution in [1.29, 1.82) is 0 Å². The Morgan fingerprint density at radius 1 is 0.350 bits per heavy atom. The number of hydrogen-bond donors (Lipinski definition) is 0. The van der Waals surface area contributed by atoms with Crippen LogP contribution >= 0.6 is 0 Å². The second-order valence-electron chi connectivity index (χ2n) is 15.5. The van der Waals surface area contributed by atoms with Crippen molar-refractivity contribution < 1.29 is 4.42 Å². The lowest BCUT2D eigenvalue weighted by atomic mass is 9.88. The molecule has 10 aromatic rings. The molecule has 0 radical (unpaired) electrons. The number of rotatable bonds is 8. The number of para-hydroxylation sites is 4. The van der Waals surface area contributed by atoms with Crippen molar-refractivity contribution in [2.24, 2.45) is 0 Å². The van der Waals surface area contributed by atoms with E-state index >= 15 is 0 Å². The minimum absolute atomic E-state index is 0.883. The van der Waals surface area contributed by atoms with Gasteiger partial charge in [-0.1, -0.05) is 188 Å². The van der Waals surface area contributed by atoms with Crippen LogP contribution in [0, 0.1) is 0 Å². The molecule has 0 saturated heterocycles. The normalized spacial score (nSPS) is 12.3. The van der Waals surface area contributed by atoms with E-state index in [2.05, 4.69) is 217 Å². The lowest BCUT2D eigenvalue weighted by Crippen LogP contribution is -2.32. The maximum Gasteiger partial charge on any atom is 0.136 e. The summed E-state index contributed by atoms with van der Waals surface area (Å²) in [7, 11) is 0. The number of benzene rings is 9. The number of nitrogens with zero attached hydrogens (tertiary/aromatic N) is 1. The molecule has 0 saturated carbocycles. The second-order valence-corrected chi connectivity index (χ2v) is 15.5. The van der Waals surface area contributed by atoms with Gasteiger partial charge in [-0.25, -0.2) is 0 Å². The molecule has 0 spiro atoms. The molecule has 0 unspecified atom stereocenters. The average Bonchev–Trinajstić information content (AvgIpc) is 3.70. The minimum atomic E-state index is 0.883. The molecule has 2 nitrogen and oxygen atoms in total. The Bertz CT molecular complexity index is 3310. The molecule has 1 aliphatic carbocycles. The molecule has 2 heteroatoms. The van der Waals surface area contributed by atoms with E-state index in [1.807, 2.05) is 12.1 Å². The molecule has 1 aromatic heterocycles. The lowest BCUT2D eigenvalue weighted by molar-refractivity contribution is 0.669.